The number of hydrazine groups is 1. The predicted octanol–water partition coefficient (Wildman–Crippen LogP) is -0.849. The second kappa shape index (κ2) is 5.80. The second-order valence-corrected chi connectivity index (χ2v) is 3.38. The van der Waals surface area contributed by atoms with Gasteiger partial charge in [0.15, 0.2) is 0 Å². The van der Waals surface area contributed by atoms with E-state index in [1.165, 1.54) is 13.1 Å². The van der Waals surface area contributed by atoms with Crippen molar-refractivity contribution in [2.45, 2.75) is 6.92 Å². The Labute approximate surface area is 98.8 Å². The van der Waals surface area contributed by atoms with Crippen molar-refractivity contribution in [3.63, 3.8) is 0 Å². The summed E-state index contributed by atoms with van der Waals surface area (Å²) in [6.45, 7) is 1.68. The molecular formula is C10H15N5O2. The minimum Gasteiger partial charge on any atom is -0.358 e. The summed E-state index contributed by atoms with van der Waals surface area (Å²) in [7, 11) is 1.50. The Hall–Kier alpha value is -2.15. The smallest absolute Gasteiger partial charge is 0.251 e. The zero-order valence-electron chi connectivity index (χ0n) is 9.70. The van der Waals surface area contributed by atoms with E-state index in [0.717, 1.165) is 0 Å². The van der Waals surface area contributed by atoms with E-state index in [4.69, 9.17) is 5.84 Å². The zero-order chi connectivity index (χ0) is 12.8. The molecule has 7 nitrogen and oxygen atoms in total. The van der Waals surface area contributed by atoms with Crippen LogP contribution in [0.5, 0.6) is 0 Å². The van der Waals surface area contributed by atoms with Crippen molar-refractivity contribution >= 4 is 17.6 Å². The van der Waals surface area contributed by atoms with Crippen molar-refractivity contribution in [3.8, 4) is 0 Å². The number of hydrogen-bond donors (Lipinski definition) is 4. The summed E-state index contributed by atoms with van der Waals surface area (Å²) in [4.78, 5) is 26.7. The number of aryl methyl sites for hydroxylation is 1. The van der Waals surface area contributed by atoms with Gasteiger partial charge < -0.3 is 16.1 Å². The van der Waals surface area contributed by atoms with Crippen LogP contribution in [0.3, 0.4) is 0 Å². The summed E-state index contributed by atoms with van der Waals surface area (Å²) in [5.74, 6) is 5.01. The van der Waals surface area contributed by atoms with Gasteiger partial charge >= 0.3 is 0 Å². The average Bonchev–Trinajstić information content (AvgIpc) is 2.34. The standard InChI is InChI=1S/C10H15N5O2/c1-6-3-7(4-8(14-6)15-11)10(17)13-5-9(16)12-2/h3-4H,5,11H2,1-2H3,(H,12,16)(H,13,17)(H,14,15). The first-order chi connectivity index (χ1) is 8.06. The number of carbonyl (C=O) groups excluding carboxylic acids is 2. The van der Waals surface area contributed by atoms with Crippen LogP contribution in [0.4, 0.5) is 5.82 Å². The van der Waals surface area contributed by atoms with Crippen molar-refractivity contribution in [2.24, 2.45) is 5.84 Å². The lowest BCUT2D eigenvalue weighted by atomic mass is 10.2. The molecule has 0 bridgehead atoms. The topological polar surface area (TPSA) is 109 Å². The number of pyridine rings is 1. The van der Waals surface area contributed by atoms with Crippen LogP contribution < -0.4 is 21.9 Å². The fourth-order valence-electron chi connectivity index (χ4n) is 1.22. The molecule has 5 N–H and O–H groups in total. The van der Waals surface area contributed by atoms with E-state index in [1.807, 2.05) is 0 Å². The monoisotopic (exact) mass is 237 g/mol. The number of nitrogens with zero attached hydrogens (tertiary/aromatic N) is 1. The fourth-order valence-corrected chi connectivity index (χ4v) is 1.22. The van der Waals surface area contributed by atoms with Gasteiger partial charge in [-0.15, -0.1) is 0 Å². The molecule has 0 aromatic carbocycles. The molecule has 17 heavy (non-hydrogen) atoms. The van der Waals surface area contributed by atoms with E-state index in [2.05, 4.69) is 21.0 Å². The van der Waals surface area contributed by atoms with Crippen LogP contribution >= 0.6 is 0 Å². The number of anilines is 1. The number of aromatic nitrogens is 1. The number of amides is 2. The van der Waals surface area contributed by atoms with Crippen molar-refractivity contribution in [3.05, 3.63) is 23.4 Å². The van der Waals surface area contributed by atoms with Crippen LogP contribution in [0.15, 0.2) is 12.1 Å². The largest absolute Gasteiger partial charge is 0.358 e. The van der Waals surface area contributed by atoms with Gasteiger partial charge in [-0.25, -0.2) is 10.8 Å². The maximum Gasteiger partial charge on any atom is 0.251 e. The van der Waals surface area contributed by atoms with Gasteiger partial charge in [0.05, 0.1) is 6.54 Å². The number of carbonyl (C=O) groups is 2. The molecule has 0 atom stereocenters. The van der Waals surface area contributed by atoms with Gasteiger partial charge in [-0.3, -0.25) is 9.59 Å². The highest BCUT2D eigenvalue weighted by molar-refractivity contribution is 5.97. The quantitative estimate of drug-likeness (QED) is 0.403. The average molecular weight is 237 g/mol. The van der Waals surface area contributed by atoms with E-state index < -0.39 is 0 Å². The number of nitrogen functional groups attached to an aromatic ring is 1. The summed E-state index contributed by atoms with van der Waals surface area (Å²) >= 11 is 0. The highest BCUT2D eigenvalue weighted by Crippen LogP contribution is 2.08. The molecule has 0 fully saturated rings. The van der Waals surface area contributed by atoms with Crippen molar-refractivity contribution in [1.29, 1.82) is 0 Å². The van der Waals surface area contributed by atoms with Crippen LogP contribution in [-0.2, 0) is 4.79 Å². The molecular weight excluding hydrogens is 222 g/mol. The second-order valence-electron chi connectivity index (χ2n) is 3.38. The Bertz CT molecular complexity index is 433. The molecule has 1 aromatic heterocycles. The van der Waals surface area contributed by atoms with E-state index in [-0.39, 0.29) is 18.4 Å². The van der Waals surface area contributed by atoms with Gasteiger partial charge in [-0.2, -0.15) is 0 Å². The van der Waals surface area contributed by atoms with Crippen molar-refractivity contribution in [2.75, 3.05) is 19.0 Å². The van der Waals surface area contributed by atoms with E-state index >= 15 is 0 Å². The van der Waals surface area contributed by atoms with Gasteiger partial charge in [0.1, 0.15) is 5.82 Å². The maximum absolute atomic E-state index is 11.7. The molecule has 2 amide bonds. The minimum atomic E-state index is -0.351. The molecule has 0 radical (unpaired) electrons. The summed E-state index contributed by atoms with van der Waals surface area (Å²) in [5.41, 5.74) is 3.42. The number of nitrogens with one attached hydrogen (secondary N) is 3. The van der Waals surface area contributed by atoms with Crippen molar-refractivity contribution < 1.29 is 9.59 Å². The maximum atomic E-state index is 11.7. The van der Waals surface area contributed by atoms with Gasteiger partial charge in [0.2, 0.25) is 5.91 Å². The molecule has 7 heteroatoms. The van der Waals surface area contributed by atoms with Gasteiger partial charge in [-0.1, -0.05) is 0 Å². The number of likely N-dealkylation sites (N-methyl/N-ethyl adjacent to an activating group) is 1. The Morgan fingerprint density at radius 2 is 2.12 bits per heavy atom. The minimum absolute atomic E-state index is 0.0674. The molecule has 1 aromatic rings. The molecule has 0 spiro atoms. The molecule has 1 heterocycles. The molecule has 0 aliphatic rings. The molecule has 1 rings (SSSR count). The normalized spacial score (nSPS) is 9.59. The highest BCUT2D eigenvalue weighted by Gasteiger charge is 2.09. The van der Waals surface area contributed by atoms with Crippen LogP contribution in [-0.4, -0.2) is 30.4 Å². The van der Waals surface area contributed by atoms with E-state index in [0.29, 0.717) is 17.1 Å². The van der Waals surface area contributed by atoms with Crippen LogP contribution in [0.25, 0.3) is 0 Å². The summed E-state index contributed by atoms with van der Waals surface area (Å²) < 4.78 is 0. The summed E-state index contributed by atoms with van der Waals surface area (Å²) in [5, 5.41) is 4.89. The lowest BCUT2D eigenvalue weighted by Gasteiger charge is -2.07. The SMILES string of the molecule is CNC(=O)CNC(=O)c1cc(C)nc(NN)c1. The summed E-state index contributed by atoms with van der Waals surface area (Å²) in [6, 6.07) is 3.12. The number of rotatable bonds is 4. The lowest BCUT2D eigenvalue weighted by molar-refractivity contribution is -0.119. The Balaban J connectivity index is 2.74. The Kier molecular flexibility index (Phi) is 4.41. The Morgan fingerprint density at radius 1 is 1.41 bits per heavy atom. The van der Waals surface area contributed by atoms with Crippen LogP contribution in [0.2, 0.25) is 0 Å². The number of nitrogens with two attached hydrogens (primary N) is 1. The van der Waals surface area contributed by atoms with Crippen molar-refractivity contribution in [1.82, 2.24) is 15.6 Å². The highest BCUT2D eigenvalue weighted by atomic mass is 16.2. The molecule has 0 unspecified atom stereocenters. The first kappa shape index (κ1) is 12.9. The van der Waals surface area contributed by atoms with E-state index in [1.54, 1.807) is 13.0 Å². The van der Waals surface area contributed by atoms with Gasteiger partial charge in [-0.05, 0) is 19.1 Å². The van der Waals surface area contributed by atoms with Gasteiger partial charge in [0, 0.05) is 18.3 Å². The molecule has 0 aliphatic heterocycles. The van der Waals surface area contributed by atoms with E-state index in [9.17, 15) is 9.59 Å². The third-order valence-electron chi connectivity index (χ3n) is 2.05. The first-order valence-corrected chi connectivity index (χ1v) is 5.01. The molecule has 0 saturated carbocycles. The summed E-state index contributed by atoms with van der Waals surface area (Å²) in [6.07, 6.45) is 0. The first-order valence-electron chi connectivity index (χ1n) is 5.01. The third-order valence-corrected chi connectivity index (χ3v) is 2.05. The lowest BCUT2D eigenvalue weighted by Crippen LogP contribution is -2.35. The fraction of sp³-hybridized carbons (Fsp3) is 0.300. The van der Waals surface area contributed by atoms with Crippen LogP contribution in [0, 0.1) is 6.92 Å². The van der Waals surface area contributed by atoms with Gasteiger partial charge in [0.25, 0.3) is 5.91 Å². The molecule has 0 aliphatic carbocycles. The van der Waals surface area contributed by atoms with Crippen LogP contribution in [0.1, 0.15) is 16.1 Å². The number of hydrogen-bond acceptors (Lipinski definition) is 5. The molecule has 92 valence electrons. The predicted molar refractivity (Wildman–Crippen MR) is 63.2 cm³/mol. The third kappa shape index (κ3) is 3.72. The Morgan fingerprint density at radius 3 is 2.71 bits per heavy atom. The molecule has 0 saturated heterocycles. The zero-order valence-corrected chi connectivity index (χ0v) is 9.70.